The zero-order valence-corrected chi connectivity index (χ0v) is 32.0. The van der Waals surface area contributed by atoms with E-state index in [-0.39, 0.29) is 0 Å². The van der Waals surface area contributed by atoms with Gasteiger partial charge in [0.2, 0.25) is 0 Å². The Hall–Kier alpha value is -7.48. The zero-order valence-electron chi connectivity index (χ0n) is 32.0. The van der Waals surface area contributed by atoms with Crippen molar-refractivity contribution < 1.29 is 4.74 Å². The van der Waals surface area contributed by atoms with E-state index in [0.29, 0.717) is 0 Å². The third-order valence-corrected chi connectivity index (χ3v) is 14.1. The van der Waals surface area contributed by atoms with Crippen LogP contribution in [0.4, 0.5) is 0 Å². The topological polar surface area (TPSA) is 9.23 Å². The molecule has 272 valence electrons. The average molecular weight is 747 g/mol. The molecule has 1 nitrogen and oxygen atoms in total. The Kier molecular flexibility index (Phi) is 5.96. The van der Waals surface area contributed by atoms with Crippen molar-refractivity contribution in [2.24, 2.45) is 0 Å². The molecule has 1 unspecified atom stereocenters. The first-order valence-corrected chi connectivity index (χ1v) is 20.7. The monoisotopic (exact) mass is 746 g/mol. The van der Waals surface area contributed by atoms with E-state index in [1.54, 1.807) is 0 Å². The summed E-state index contributed by atoms with van der Waals surface area (Å²) < 4.78 is 7.17. The number of ether oxygens (including phenoxy) is 1. The molecule has 0 N–H and O–H groups in total. The van der Waals surface area contributed by atoms with Crippen LogP contribution in [0.5, 0.6) is 11.5 Å². The highest BCUT2D eigenvalue weighted by atomic mass is 16.5. The second-order valence-corrected chi connectivity index (χ2v) is 16.6. The van der Waals surface area contributed by atoms with Gasteiger partial charge < -0.3 is 4.74 Å². The number of rotatable bonds is 1. The van der Waals surface area contributed by atoms with Crippen molar-refractivity contribution in [3.63, 3.8) is 0 Å². The Morgan fingerprint density at radius 1 is 0.271 bits per heavy atom. The van der Waals surface area contributed by atoms with Gasteiger partial charge in [0.25, 0.3) is 0 Å². The third-order valence-electron chi connectivity index (χ3n) is 14.1. The van der Waals surface area contributed by atoms with Gasteiger partial charge in [-0.25, -0.2) is 0 Å². The molecule has 0 saturated carbocycles. The van der Waals surface area contributed by atoms with Crippen molar-refractivity contribution in [2.75, 3.05) is 0 Å². The molecular formula is C58H34O. The summed E-state index contributed by atoms with van der Waals surface area (Å²) in [6, 6.07) is 77.3. The van der Waals surface area contributed by atoms with Crippen LogP contribution in [-0.2, 0) is 10.8 Å². The average Bonchev–Trinajstić information content (AvgIpc) is 3.88. The van der Waals surface area contributed by atoms with E-state index < -0.39 is 10.8 Å². The molecule has 10 aromatic rings. The fourth-order valence-corrected chi connectivity index (χ4v) is 12.0. The van der Waals surface area contributed by atoms with E-state index in [0.717, 1.165) is 16.9 Å². The van der Waals surface area contributed by atoms with Gasteiger partial charge in [0.15, 0.2) is 0 Å². The molecule has 10 aromatic carbocycles. The third kappa shape index (κ3) is 3.69. The molecule has 1 atom stereocenters. The second kappa shape index (κ2) is 11.1. The van der Waals surface area contributed by atoms with Crippen molar-refractivity contribution in [2.45, 2.75) is 10.8 Å². The maximum absolute atomic E-state index is 7.17. The minimum Gasteiger partial charge on any atom is -0.456 e. The first kappa shape index (κ1) is 31.6. The van der Waals surface area contributed by atoms with Gasteiger partial charge in [0.1, 0.15) is 11.5 Å². The summed E-state index contributed by atoms with van der Waals surface area (Å²) >= 11 is 0. The zero-order chi connectivity index (χ0) is 38.5. The first-order chi connectivity index (χ1) is 29.3. The van der Waals surface area contributed by atoms with Gasteiger partial charge in [-0.05, 0) is 118 Å². The summed E-state index contributed by atoms with van der Waals surface area (Å²) in [5.74, 6) is 1.84. The van der Waals surface area contributed by atoms with Gasteiger partial charge in [0, 0.05) is 16.5 Å². The molecular weight excluding hydrogens is 713 g/mol. The van der Waals surface area contributed by atoms with Crippen molar-refractivity contribution in [1.29, 1.82) is 0 Å². The van der Waals surface area contributed by atoms with E-state index >= 15 is 0 Å². The van der Waals surface area contributed by atoms with Crippen molar-refractivity contribution in [3.05, 3.63) is 251 Å². The molecule has 3 aliphatic carbocycles. The lowest BCUT2D eigenvalue weighted by Gasteiger charge is -2.40. The van der Waals surface area contributed by atoms with Crippen molar-refractivity contribution >= 4 is 21.5 Å². The SMILES string of the molecule is c1ccc2c(c1)Oc1c(cc(-c3cccc4c3C3(c5ccccc5-c5cc6ccccc6cc53)c3ccccc3-4)c3ccccc13)C21c2ccccc2-c2ccccc21. The van der Waals surface area contributed by atoms with Gasteiger partial charge in [-0.2, -0.15) is 0 Å². The highest BCUT2D eigenvalue weighted by Crippen LogP contribution is 2.67. The minimum atomic E-state index is -0.583. The minimum absolute atomic E-state index is 0.525. The summed E-state index contributed by atoms with van der Waals surface area (Å²) in [5.41, 5.74) is 19.5. The molecule has 1 heteroatoms. The van der Waals surface area contributed by atoms with Gasteiger partial charge in [-0.15, -0.1) is 0 Å². The van der Waals surface area contributed by atoms with Crippen LogP contribution in [0.2, 0.25) is 0 Å². The quantitative estimate of drug-likeness (QED) is 0.163. The summed E-state index contributed by atoms with van der Waals surface area (Å²) in [6.07, 6.45) is 0. The molecule has 1 heterocycles. The molecule has 2 spiro atoms. The molecule has 1 aliphatic heterocycles. The van der Waals surface area contributed by atoms with E-state index in [4.69, 9.17) is 4.74 Å². The lowest BCUT2D eigenvalue weighted by Crippen LogP contribution is -2.32. The van der Waals surface area contributed by atoms with Crippen LogP contribution in [-0.4, -0.2) is 0 Å². The highest BCUT2D eigenvalue weighted by Gasteiger charge is 2.54. The van der Waals surface area contributed by atoms with E-state index in [2.05, 4.69) is 206 Å². The van der Waals surface area contributed by atoms with Crippen molar-refractivity contribution in [3.8, 4) is 56.0 Å². The lowest BCUT2D eigenvalue weighted by atomic mass is 9.64. The van der Waals surface area contributed by atoms with Crippen LogP contribution in [0.15, 0.2) is 206 Å². The first-order valence-electron chi connectivity index (χ1n) is 20.7. The Bertz CT molecular complexity index is 3450. The largest absolute Gasteiger partial charge is 0.456 e. The summed E-state index contributed by atoms with van der Waals surface area (Å²) in [5, 5.41) is 4.83. The molecule has 0 fully saturated rings. The second-order valence-electron chi connectivity index (χ2n) is 16.6. The molecule has 0 radical (unpaired) electrons. The predicted molar refractivity (Wildman–Crippen MR) is 241 cm³/mol. The number of hydrogen-bond acceptors (Lipinski definition) is 1. The summed E-state index contributed by atoms with van der Waals surface area (Å²) in [7, 11) is 0. The fraction of sp³-hybridized carbons (Fsp3) is 0.0345. The number of hydrogen-bond donors (Lipinski definition) is 0. The van der Waals surface area contributed by atoms with E-state index in [9.17, 15) is 0 Å². The van der Waals surface area contributed by atoms with Crippen LogP contribution < -0.4 is 4.74 Å². The molecule has 4 aliphatic rings. The Labute approximate surface area is 342 Å². The fourth-order valence-electron chi connectivity index (χ4n) is 12.0. The van der Waals surface area contributed by atoms with E-state index in [1.165, 1.54) is 105 Å². The van der Waals surface area contributed by atoms with Gasteiger partial charge in [-0.1, -0.05) is 182 Å². The summed E-state index contributed by atoms with van der Waals surface area (Å²) in [6.45, 7) is 0. The molecule has 0 aromatic heterocycles. The Morgan fingerprint density at radius 3 is 1.39 bits per heavy atom. The Balaban J connectivity index is 1.15. The van der Waals surface area contributed by atoms with Gasteiger partial charge in [-0.3, -0.25) is 0 Å². The number of benzene rings is 10. The molecule has 0 amide bonds. The number of fused-ring (bicyclic) bond motifs is 22. The lowest BCUT2D eigenvalue weighted by molar-refractivity contribution is 0.442. The number of para-hydroxylation sites is 1. The summed E-state index contributed by atoms with van der Waals surface area (Å²) in [4.78, 5) is 0. The standard InChI is InChI=1S/C58H34O/c1-2-17-36-33-52-46(32-35(36)16-1)41-22-8-12-29-50(41)58(52)49-28-11-7-21-40(49)42-24-15-25-43(55(42)58)45-34-53-56(44-23-4-3-18-37(44)45)59-54-31-14-13-30-51(54)57(53)47-26-9-5-19-38(47)39-20-6-10-27-48(39)57/h1-34H. The van der Waals surface area contributed by atoms with Gasteiger partial charge >= 0.3 is 0 Å². The maximum Gasteiger partial charge on any atom is 0.140 e. The van der Waals surface area contributed by atoms with Crippen LogP contribution in [0.3, 0.4) is 0 Å². The van der Waals surface area contributed by atoms with Crippen molar-refractivity contribution in [1.82, 2.24) is 0 Å². The highest BCUT2D eigenvalue weighted by molar-refractivity contribution is 6.08. The molecule has 59 heavy (non-hydrogen) atoms. The normalized spacial score (nSPS) is 16.5. The van der Waals surface area contributed by atoms with Gasteiger partial charge in [0.05, 0.1) is 10.8 Å². The van der Waals surface area contributed by atoms with Crippen LogP contribution in [0, 0.1) is 0 Å². The molecule has 0 saturated heterocycles. The van der Waals surface area contributed by atoms with Crippen LogP contribution in [0.1, 0.15) is 44.5 Å². The molecule has 14 rings (SSSR count). The maximum atomic E-state index is 7.17. The van der Waals surface area contributed by atoms with E-state index in [1.807, 2.05) is 0 Å². The smallest absolute Gasteiger partial charge is 0.140 e. The van der Waals surface area contributed by atoms with Crippen LogP contribution in [0.25, 0.3) is 66.1 Å². The molecule has 0 bridgehead atoms. The predicted octanol–water partition coefficient (Wildman–Crippen LogP) is 14.5. The Morgan fingerprint density at radius 2 is 0.729 bits per heavy atom. The van der Waals surface area contributed by atoms with Crippen LogP contribution >= 0.6 is 0 Å².